The predicted molar refractivity (Wildman–Crippen MR) is 84.7 cm³/mol. The van der Waals surface area contributed by atoms with Crippen molar-refractivity contribution >= 4 is 40.7 Å². The van der Waals surface area contributed by atoms with Crippen LogP contribution in [0.1, 0.15) is 6.42 Å². The van der Waals surface area contributed by atoms with E-state index >= 15 is 0 Å². The number of likely N-dealkylation sites (N-methyl/N-ethyl adjacent to an activating group) is 1. The fourth-order valence-corrected chi connectivity index (χ4v) is 3.48. The van der Waals surface area contributed by atoms with Gasteiger partial charge in [-0.3, -0.25) is 9.59 Å². The SMILES string of the molecule is C[NH+]1CC[NH+]([C@H]2CC(=O)N(c3ccc(Cl)c(Cl)c3)C2=O)CC1. The Morgan fingerprint density at radius 3 is 2.41 bits per heavy atom. The Kier molecular flexibility index (Phi) is 4.41. The molecule has 0 saturated carbocycles. The van der Waals surface area contributed by atoms with E-state index in [-0.39, 0.29) is 24.3 Å². The van der Waals surface area contributed by atoms with E-state index in [4.69, 9.17) is 23.2 Å². The number of hydrogen-bond acceptors (Lipinski definition) is 2. The van der Waals surface area contributed by atoms with Gasteiger partial charge in [-0.25, -0.2) is 4.90 Å². The van der Waals surface area contributed by atoms with Crippen molar-refractivity contribution in [3.63, 3.8) is 0 Å². The Morgan fingerprint density at radius 1 is 1.09 bits per heavy atom. The molecule has 0 aromatic heterocycles. The van der Waals surface area contributed by atoms with Crippen molar-refractivity contribution in [2.45, 2.75) is 12.5 Å². The molecule has 2 amide bonds. The lowest BCUT2D eigenvalue weighted by molar-refractivity contribution is -1.01. The maximum Gasteiger partial charge on any atom is 0.292 e. The number of amides is 2. The Balaban J connectivity index is 1.80. The molecule has 1 atom stereocenters. The number of rotatable bonds is 2. The van der Waals surface area contributed by atoms with Gasteiger partial charge in [-0.1, -0.05) is 23.2 Å². The molecule has 118 valence electrons. The molecule has 0 spiro atoms. The van der Waals surface area contributed by atoms with Crippen LogP contribution in [0.5, 0.6) is 0 Å². The van der Waals surface area contributed by atoms with Crippen molar-refractivity contribution in [1.29, 1.82) is 0 Å². The van der Waals surface area contributed by atoms with Crippen molar-refractivity contribution in [2.24, 2.45) is 0 Å². The first-order chi connectivity index (χ1) is 10.5. The third-order valence-electron chi connectivity index (χ3n) is 4.55. The van der Waals surface area contributed by atoms with E-state index in [1.165, 1.54) is 14.7 Å². The maximum atomic E-state index is 12.7. The van der Waals surface area contributed by atoms with Gasteiger partial charge in [0, 0.05) is 0 Å². The lowest BCUT2D eigenvalue weighted by Gasteiger charge is -2.30. The van der Waals surface area contributed by atoms with Crippen LogP contribution in [0.2, 0.25) is 10.0 Å². The minimum Gasteiger partial charge on any atom is -0.328 e. The normalized spacial score (nSPS) is 29.2. The molecule has 1 aromatic rings. The molecule has 2 saturated heterocycles. The second-order valence-electron chi connectivity index (χ2n) is 6.04. The van der Waals surface area contributed by atoms with Gasteiger partial charge in [-0.2, -0.15) is 0 Å². The van der Waals surface area contributed by atoms with Crippen molar-refractivity contribution in [3.8, 4) is 0 Å². The maximum absolute atomic E-state index is 12.7. The molecule has 3 rings (SSSR count). The zero-order valence-electron chi connectivity index (χ0n) is 12.4. The van der Waals surface area contributed by atoms with Crippen LogP contribution in [-0.2, 0) is 9.59 Å². The number of anilines is 1. The lowest BCUT2D eigenvalue weighted by atomic mass is 10.2. The molecule has 7 heteroatoms. The van der Waals surface area contributed by atoms with Crippen LogP contribution in [0, 0.1) is 0 Å². The van der Waals surface area contributed by atoms with Crippen LogP contribution in [0.15, 0.2) is 18.2 Å². The van der Waals surface area contributed by atoms with Crippen LogP contribution in [0.3, 0.4) is 0 Å². The standard InChI is InChI=1S/C15H17Cl2N3O2/c1-18-4-6-19(7-5-18)13-9-14(21)20(15(13)22)10-2-3-11(16)12(17)8-10/h2-3,8,13H,4-7,9H2,1H3/p+2/t13-/m0/s1. The fourth-order valence-electron chi connectivity index (χ4n) is 3.19. The third-order valence-corrected chi connectivity index (χ3v) is 5.29. The van der Waals surface area contributed by atoms with E-state index < -0.39 is 0 Å². The van der Waals surface area contributed by atoms with Gasteiger partial charge < -0.3 is 9.80 Å². The molecule has 1 aromatic carbocycles. The van der Waals surface area contributed by atoms with E-state index in [0.29, 0.717) is 15.7 Å². The number of carbonyl (C=O) groups is 2. The van der Waals surface area contributed by atoms with Crippen LogP contribution in [-0.4, -0.2) is 51.1 Å². The van der Waals surface area contributed by atoms with Gasteiger partial charge in [0.15, 0.2) is 6.04 Å². The Morgan fingerprint density at radius 2 is 1.77 bits per heavy atom. The number of piperazine rings is 1. The average Bonchev–Trinajstić information content (AvgIpc) is 2.78. The molecule has 2 heterocycles. The van der Waals surface area contributed by atoms with Crippen molar-refractivity contribution in [3.05, 3.63) is 28.2 Å². The molecular weight excluding hydrogens is 325 g/mol. The Labute approximate surface area is 139 Å². The summed E-state index contributed by atoms with van der Waals surface area (Å²) in [6.45, 7) is 3.90. The van der Waals surface area contributed by atoms with Crippen LogP contribution in [0.4, 0.5) is 5.69 Å². The summed E-state index contributed by atoms with van der Waals surface area (Å²) >= 11 is 11.9. The largest absolute Gasteiger partial charge is 0.328 e. The van der Waals surface area contributed by atoms with E-state index in [1.54, 1.807) is 18.2 Å². The number of nitrogens with zero attached hydrogens (tertiary/aromatic N) is 1. The highest BCUT2D eigenvalue weighted by atomic mass is 35.5. The predicted octanol–water partition coefficient (Wildman–Crippen LogP) is -0.961. The molecule has 0 bridgehead atoms. The molecule has 2 N–H and O–H groups in total. The van der Waals surface area contributed by atoms with Crippen LogP contribution < -0.4 is 14.7 Å². The monoisotopic (exact) mass is 343 g/mol. The number of carbonyl (C=O) groups excluding carboxylic acids is 2. The van der Waals surface area contributed by atoms with Crippen molar-refractivity contribution < 1.29 is 19.4 Å². The zero-order chi connectivity index (χ0) is 15.9. The summed E-state index contributed by atoms with van der Waals surface area (Å²) in [6, 6.07) is 4.58. The summed E-state index contributed by atoms with van der Waals surface area (Å²) < 4.78 is 0. The Hall–Kier alpha value is -1.14. The summed E-state index contributed by atoms with van der Waals surface area (Å²) in [7, 11) is 2.15. The zero-order valence-corrected chi connectivity index (χ0v) is 13.9. The minimum absolute atomic E-state index is 0.127. The quantitative estimate of drug-likeness (QED) is 0.679. The third kappa shape index (κ3) is 2.86. The lowest BCUT2D eigenvalue weighted by Crippen LogP contribution is -3.29. The molecule has 22 heavy (non-hydrogen) atoms. The van der Waals surface area contributed by atoms with Gasteiger partial charge >= 0.3 is 0 Å². The minimum atomic E-state index is -0.268. The van der Waals surface area contributed by atoms with Gasteiger partial charge in [0.25, 0.3) is 5.91 Å². The first kappa shape index (κ1) is 15.7. The smallest absolute Gasteiger partial charge is 0.292 e. The second-order valence-corrected chi connectivity index (χ2v) is 6.85. The van der Waals surface area contributed by atoms with E-state index in [9.17, 15) is 9.59 Å². The van der Waals surface area contributed by atoms with Crippen molar-refractivity contribution in [2.75, 3.05) is 38.1 Å². The van der Waals surface area contributed by atoms with Gasteiger partial charge in [0.05, 0.1) is 29.2 Å². The molecule has 2 aliphatic rings. The molecule has 0 unspecified atom stereocenters. The first-order valence-electron chi connectivity index (χ1n) is 7.45. The summed E-state index contributed by atoms with van der Waals surface area (Å²) in [5, 5.41) is 0.757. The summed E-state index contributed by atoms with van der Waals surface area (Å²) in [6.07, 6.45) is 0.271. The Bertz CT molecular complexity index is 615. The summed E-state index contributed by atoms with van der Waals surface area (Å²) in [5.41, 5.74) is 0.506. The molecule has 2 fully saturated rings. The van der Waals surface area contributed by atoms with Gasteiger partial charge in [-0.15, -0.1) is 0 Å². The number of halogens is 2. The molecular formula is C15H19Cl2N3O2+2. The van der Waals surface area contributed by atoms with Crippen molar-refractivity contribution in [1.82, 2.24) is 0 Å². The van der Waals surface area contributed by atoms with Gasteiger partial charge in [-0.05, 0) is 18.2 Å². The number of benzene rings is 1. The second kappa shape index (κ2) is 6.16. The number of quaternary nitrogens is 2. The first-order valence-corrected chi connectivity index (χ1v) is 8.20. The topological polar surface area (TPSA) is 46.3 Å². The molecule has 2 aliphatic heterocycles. The summed E-state index contributed by atoms with van der Waals surface area (Å²) in [5.74, 6) is -0.287. The van der Waals surface area contributed by atoms with Gasteiger partial charge in [0.1, 0.15) is 26.2 Å². The van der Waals surface area contributed by atoms with E-state index in [1.807, 2.05) is 0 Å². The highest BCUT2D eigenvalue weighted by molar-refractivity contribution is 6.42. The fraction of sp³-hybridized carbons (Fsp3) is 0.467. The highest BCUT2D eigenvalue weighted by Gasteiger charge is 2.46. The van der Waals surface area contributed by atoms with Gasteiger partial charge in [0.2, 0.25) is 5.91 Å². The van der Waals surface area contributed by atoms with Crippen LogP contribution in [0.25, 0.3) is 0 Å². The van der Waals surface area contributed by atoms with E-state index in [0.717, 1.165) is 26.2 Å². The van der Waals surface area contributed by atoms with Crippen LogP contribution >= 0.6 is 23.2 Å². The number of hydrogen-bond donors (Lipinski definition) is 2. The molecule has 5 nitrogen and oxygen atoms in total. The number of nitrogens with one attached hydrogen (secondary N) is 2. The number of imide groups is 1. The molecule has 0 radical (unpaired) electrons. The highest BCUT2D eigenvalue weighted by Crippen LogP contribution is 2.29. The summed E-state index contributed by atoms with van der Waals surface area (Å²) in [4.78, 5) is 28.9. The average molecular weight is 344 g/mol. The molecule has 0 aliphatic carbocycles. The van der Waals surface area contributed by atoms with E-state index in [2.05, 4.69) is 7.05 Å².